The molecule has 2 heterocycles. The lowest BCUT2D eigenvalue weighted by atomic mass is 9.98. The molecule has 4 heteroatoms. The highest BCUT2D eigenvalue weighted by molar-refractivity contribution is 6.12. The number of fused-ring (bicyclic) bond motifs is 6. The van der Waals surface area contributed by atoms with Crippen molar-refractivity contribution in [2.75, 3.05) is 0 Å². The van der Waals surface area contributed by atoms with Crippen LogP contribution in [0, 0.1) is 36.5 Å². The van der Waals surface area contributed by atoms with Gasteiger partial charge in [0.1, 0.15) is 11.6 Å². The van der Waals surface area contributed by atoms with E-state index in [1.165, 1.54) is 21.9 Å². The van der Waals surface area contributed by atoms with Gasteiger partial charge in [0.05, 0.1) is 45.1 Å². The molecule has 0 aliphatic rings. The molecule has 0 aliphatic carbocycles. The van der Waals surface area contributed by atoms with Crippen molar-refractivity contribution in [3.05, 3.63) is 144 Å². The number of benzene rings is 6. The van der Waals surface area contributed by atoms with Gasteiger partial charge in [-0.2, -0.15) is 10.5 Å². The molecule has 2 aromatic heterocycles. The summed E-state index contributed by atoms with van der Waals surface area (Å²) in [5.41, 5.74) is 11.2. The maximum atomic E-state index is 11.0. The van der Waals surface area contributed by atoms with E-state index in [1.807, 2.05) is 24.3 Å². The topological polar surface area (TPSA) is 57.4 Å². The molecule has 206 valence electrons. The molecule has 44 heavy (non-hydrogen) atoms. The number of nitriles is 2. The normalized spacial score (nSPS) is 11.4. The molecule has 0 spiro atoms. The molecule has 0 bridgehead atoms. The number of para-hydroxylation sites is 2. The van der Waals surface area contributed by atoms with Gasteiger partial charge in [-0.05, 0) is 84.6 Å². The number of aromatic nitrogens is 2. The lowest BCUT2D eigenvalue weighted by Crippen LogP contribution is -2.05. The van der Waals surface area contributed by atoms with Crippen LogP contribution in [-0.2, 0) is 0 Å². The van der Waals surface area contributed by atoms with Crippen molar-refractivity contribution in [2.24, 2.45) is 0 Å². The SMILES string of the molecule is Cc1cccc2c1c1ccccc1n2-c1cc(-c2cccc(C#N)c2)cc(-n2c3ccccc3c3c(C)cccc32)c1C#N. The first kappa shape index (κ1) is 25.6. The van der Waals surface area contributed by atoms with Gasteiger partial charge in [-0.1, -0.05) is 72.8 Å². The van der Waals surface area contributed by atoms with Gasteiger partial charge in [0.25, 0.3) is 0 Å². The second kappa shape index (κ2) is 9.73. The van der Waals surface area contributed by atoms with Gasteiger partial charge in [-0.15, -0.1) is 0 Å². The number of hydrogen-bond donors (Lipinski definition) is 0. The molecule has 0 aliphatic heterocycles. The summed E-state index contributed by atoms with van der Waals surface area (Å²) in [6, 6.07) is 46.3. The van der Waals surface area contributed by atoms with E-state index in [9.17, 15) is 10.5 Å². The maximum Gasteiger partial charge on any atom is 0.104 e. The molecule has 0 unspecified atom stereocenters. The Kier molecular flexibility index (Phi) is 5.66. The average molecular weight is 563 g/mol. The fourth-order valence-electron chi connectivity index (χ4n) is 6.93. The zero-order chi connectivity index (χ0) is 29.9. The van der Waals surface area contributed by atoms with Gasteiger partial charge in [0.2, 0.25) is 0 Å². The summed E-state index contributed by atoms with van der Waals surface area (Å²) >= 11 is 0. The second-order valence-corrected chi connectivity index (χ2v) is 11.3. The van der Waals surface area contributed by atoms with E-state index in [2.05, 4.69) is 132 Å². The summed E-state index contributed by atoms with van der Waals surface area (Å²) in [5, 5.41) is 25.4. The Morgan fingerprint density at radius 2 is 0.977 bits per heavy atom. The lowest BCUT2D eigenvalue weighted by molar-refractivity contribution is 1.12. The fraction of sp³-hybridized carbons (Fsp3) is 0.0500. The van der Waals surface area contributed by atoms with E-state index in [1.54, 1.807) is 0 Å². The molecule has 0 saturated heterocycles. The van der Waals surface area contributed by atoms with Crippen molar-refractivity contribution in [1.29, 1.82) is 10.5 Å². The van der Waals surface area contributed by atoms with Gasteiger partial charge in [0.15, 0.2) is 0 Å². The highest BCUT2D eigenvalue weighted by Gasteiger charge is 2.23. The van der Waals surface area contributed by atoms with Crippen LogP contribution in [0.3, 0.4) is 0 Å². The minimum atomic E-state index is 0.582. The van der Waals surface area contributed by atoms with Crippen LogP contribution in [0.2, 0.25) is 0 Å². The van der Waals surface area contributed by atoms with Gasteiger partial charge in [-0.25, -0.2) is 0 Å². The van der Waals surface area contributed by atoms with Crippen molar-refractivity contribution in [1.82, 2.24) is 9.13 Å². The quantitative estimate of drug-likeness (QED) is 0.215. The third kappa shape index (κ3) is 3.62. The molecule has 4 nitrogen and oxygen atoms in total. The van der Waals surface area contributed by atoms with Crippen LogP contribution in [0.4, 0.5) is 0 Å². The summed E-state index contributed by atoms with van der Waals surface area (Å²) in [4.78, 5) is 0. The molecule has 8 rings (SSSR count). The number of hydrogen-bond acceptors (Lipinski definition) is 2. The standard InChI is InChI=1S/C40H26N4/c1-25-10-7-18-35-39(25)30-14-3-5-16-33(30)43(35)37-21-29(28-13-9-12-27(20-28)23-41)22-38(32(37)24-42)44-34-17-6-4-15-31(34)40-26(2)11-8-19-36(40)44/h3-22H,1-2H3. The molecule has 0 saturated carbocycles. The number of aryl methyl sites for hydroxylation is 2. The maximum absolute atomic E-state index is 11.0. The molecule has 8 aromatic rings. The van der Waals surface area contributed by atoms with E-state index in [0.717, 1.165) is 55.3 Å². The molecule has 0 amide bonds. The Bertz CT molecular complexity index is 2410. The van der Waals surface area contributed by atoms with E-state index in [-0.39, 0.29) is 0 Å². The van der Waals surface area contributed by atoms with Crippen LogP contribution in [0.25, 0.3) is 66.1 Å². The van der Waals surface area contributed by atoms with Crippen LogP contribution >= 0.6 is 0 Å². The van der Waals surface area contributed by atoms with Gasteiger partial charge < -0.3 is 9.13 Å². The largest absolute Gasteiger partial charge is 0.308 e. The number of nitrogens with zero attached hydrogens (tertiary/aromatic N) is 4. The van der Waals surface area contributed by atoms with Crippen LogP contribution in [0.1, 0.15) is 22.3 Å². The first-order chi connectivity index (χ1) is 21.6. The average Bonchev–Trinajstić information content (AvgIpc) is 3.58. The zero-order valence-corrected chi connectivity index (χ0v) is 24.3. The van der Waals surface area contributed by atoms with E-state index >= 15 is 0 Å². The van der Waals surface area contributed by atoms with Crippen molar-refractivity contribution in [2.45, 2.75) is 13.8 Å². The van der Waals surface area contributed by atoms with Crippen LogP contribution in [-0.4, -0.2) is 9.13 Å². The highest BCUT2D eigenvalue weighted by atomic mass is 15.0. The Hall–Kier alpha value is -6.10. The third-order valence-corrected chi connectivity index (χ3v) is 8.83. The smallest absolute Gasteiger partial charge is 0.104 e. The van der Waals surface area contributed by atoms with E-state index in [0.29, 0.717) is 11.1 Å². The summed E-state index contributed by atoms with van der Waals surface area (Å²) in [6.07, 6.45) is 0. The molecular weight excluding hydrogens is 536 g/mol. The first-order valence-electron chi connectivity index (χ1n) is 14.7. The Morgan fingerprint density at radius 3 is 1.50 bits per heavy atom. The van der Waals surface area contributed by atoms with Gasteiger partial charge in [0, 0.05) is 21.5 Å². The summed E-state index contributed by atoms with van der Waals surface area (Å²) in [5.74, 6) is 0. The number of rotatable bonds is 3. The highest BCUT2D eigenvalue weighted by Crippen LogP contribution is 2.41. The van der Waals surface area contributed by atoms with Crippen LogP contribution < -0.4 is 0 Å². The molecule has 0 N–H and O–H groups in total. The molecular formula is C40H26N4. The minimum Gasteiger partial charge on any atom is -0.308 e. The Morgan fingerprint density at radius 1 is 0.477 bits per heavy atom. The molecule has 0 atom stereocenters. The van der Waals surface area contributed by atoms with Crippen LogP contribution in [0.5, 0.6) is 0 Å². The van der Waals surface area contributed by atoms with Crippen molar-refractivity contribution < 1.29 is 0 Å². The van der Waals surface area contributed by atoms with Crippen molar-refractivity contribution in [3.63, 3.8) is 0 Å². The second-order valence-electron chi connectivity index (χ2n) is 11.3. The Balaban J connectivity index is 1.58. The Labute approximate surface area is 254 Å². The van der Waals surface area contributed by atoms with Crippen molar-refractivity contribution >= 4 is 43.6 Å². The van der Waals surface area contributed by atoms with E-state index in [4.69, 9.17) is 0 Å². The van der Waals surface area contributed by atoms with Crippen LogP contribution in [0.15, 0.2) is 121 Å². The summed E-state index contributed by atoms with van der Waals surface area (Å²) in [7, 11) is 0. The summed E-state index contributed by atoms with van der Waals surface area (Å²) in [6.45, 7) is 4.28. The lowest BCUT2D eigenvalue weighted by Gasteiger charge is -2.18. The van der Waals surface area contributed by atoms with E-state index < -0.39 is 0 Å². The zero-order valence-electron chi connectivity index (χ0n) is 24.3. The molecule has 6 aromatic carbocycles. The molecule has 0 fully saturated rings. The van der Waals surface area contributed by atoms with Gasteiger partial charge in [-0.3, -0.25) is 0 Å². The predicted molar refractivity (Wildman–Crippen MR) is 179 cm³/mol. The monoisotopic (exact) mass is 562 g/mol. The predicted octanol–water partition coefficient (Wildman–Crippen LogP) is 9.91. The first-order valence-corrected chi connectivity index (χ1v) is 14.7. The van der Waals surface area contributed by atoms with Crippen molar-refractivity contribution in [3.8, 4) is 34.6 Å². The molecule has 0 radical (unpaired) electrons. The third-order valence-electron chi connectivity index (χ3n) is 8.83. The fourth-order valence-corrected chi connectivity index (χ4v) is 6.93. The minimum absolute atomic E-state index is 0.582. The van der Waals surface area contributed by atoms with Gasteiger partial charge >= 0.3 is 0 Å². The summed E-state index contributed by atoms with van der Waals surface area (Å²) < 4.78 is 4.47.